The van der Waals surface area contributed by atoms with E-state index >= 15 is 0 Å². The van der Waals surface area contributed by atoms with E-state index in [9.17, 15) is 14.0 Å². The molecule has 1 rings (SSSR count). The molecule has 0 aliphatic rings. The van der Waals surface area contributed by atoms with Gasteiger partial charge in [0.1, 0.15) is 5.82 Å². The molecule has 1 aromatic rings. The lowest BCUT2D eigenvalue weighted by Gasteiger charge is -2.02. The first-order chi connectivity index (χ1) is 7.06. The fraction of sp³-hybridized carbons (Fsp3) is 0.200. The van der Waals surface area contributed by atoms with E-state index in [1.54, 1.807) is 6.92 Å². The number of halogens is 2. The maximum atomic E-state index is 12.8. The summed E-state index contributed by atoms with van der Waals surface area (Å²) < 4.78 is 17.3. The van der Waals surface area contributed by atoms with Crippen LogP contribution in [0.5, 0.6) is 0 Å². The second-order valence-electron chi connectivity index (χ2n) is 2.67. The number of hydrogen-bond donors (Lipinski definition) is 0. The second-order valence-corrected chi connectivity index (χ2v) is 3.08. The molecule has 0 aliphatic heterocycles. The third-order valence-corrected chi connectivity index (χ3v) is 1.96. The van der Waals surface area contributed by atoms with Crippen LogP contribution in [0.3, 0.4) is 0 Å². The molecule has 0 fully saturated rings. The van der Waals surface area contributed by atoms with E-state index in [2.05, 4.69) is 4.74 Å². The molecule has 15 heavy (non-hydrogen) atoms. The van der Waals surface area contributed by atoms with Gasteiger partial charge in [0.25, 0.3) is 5.78 Å². The predicted octanol–water partition coefficient (Wildman–Crippen LogP) is 2.22. The first kappa shape index (κ1) is 11.7. The Morgan fingerprint density at radius 1 is 1.47 bits per heavy atom. The number of carbonyl (C=O) groups is 2. The summed E-state index contributed by atoms with van der Waals surface area (Å²) in [6.07, 6.45) is 0. The molecular formula is C10H8ClFO3. The lowest BCUT2D eigenvalue weighted by molar-refractivity contribution is -0.137. The summed E-state index contributed by atoms with van der Waals surface area (Å²) in [4.78, 5) is 22.4. The van der Waals surface area contributed by atoms with Crippen molar-refractivity contribution in [1.29, 1.82) is 0 Å². The standard InChI is InChI=1S/C10H8ClFO3/c1-2-15-10(14)9(13)7-5-6(12)3-4-8(7)11/h3-5H,2H2,1H3. The SMILES string of the molecule is CCOC(=O)C(=O)c1cc(F)ccc1Cl. The highest BCUT2D eigenvalue weighted by atomic mass is 35.5. The number of carbonyl (C=O) groups excluding carboxylic acids is 2. The summed E-state index contributed by atoms with van der Waals surface area (Å²) >= 11 is 5.64. The molecule has 3 nitrogen and oxygen atoms in total. The molecule has 0 heterocycles. The highest BCUT2D eigenvalue weighted by Gasteiger charge is 2.20. The fourth-order valence-corrected chi connectivity index (χ4v) is 1.18. The van der Waals surface area contributed by atoms with Crippen LogP contribution in [0.1, 0.15) is 17.3 Å². The molecule has 1 aromatic carbocycles. The van der Waals surface area contributed by atoms with E-state index in [1.165, 1.54) is 6.07 Å². The van der Waals surface area contributed by atoms with Gasteiger partial charge in [-0.1, -0.05) is 11.6 Å². The van der Waals surface area contributed by atoms with Gasteiger partial charge in [0.2, 0.25) is 0 Å². The highest BCUT2D eigenvalue weighted by molar-refractivity contribution is 6.45. The van der Waals surface area contributed by atoms with Crippen LogP contribution in [0, 0.1) is 5.82 Å². The van der Waals surface area contributed by atoms with Crippen LogP contribution >= 0.6 is 11.6 Å². The van der Waals surface area contributed by atoms with Crippen molar-refractivity contribution in [3.63, 3.8) is 0 Å². The molecule has 0 aliphatic carbocycles. The second kappa shape index (κ2) is 4.89. The van der Waals surface area contributed by atoms with Gasteiger partial charge in [-0.25, -0.2) is 9.18 Å². The number of esters is 1. The minimum Gasteiger partial charge on any atom is -0.460 e. The van der Waals surface area contributed by atoms with Crippen molar-refractivity contribution in [2.24, 2.45) is 0 Å². The third-order valence-electron chi connectivity index (χ3n) is 1.63. The van der Waals surface area contributed by atoms with Crippen LogP contribution in [0.25, 0.3) is 0 Å². The van der Waals surface area contributed by atoms with Crippen molar-refractivity contribution >= 4 is 23.4 Å². The van der Waals surface area contributed by atoms with Crippen LogP contribution in [0.4, 0.5) is 4.39 Å². The smallest absolute Gasteiger partial charge is 0.379 e. The quantitative estimate of drug-likeness (QED) is 0.454. The zero-order chi connectivity index (χ0) is 11.4. The Labute approximate surface area is 90.8 Å². The zero-order valence-electron chi connectivity index (χ0n) is 7.92. The Kier molecular flexibility index (Phi) is 3.80. The molecule has 0 N–H and O–H groups in total. The molecule has 0 bridgehead atoms. The molecule has 5 heteroatoms. The number of hydrogen-bond acceptors (Lipinski definition) is 3. The molecule has 0 saturated heterocycles. The van der Waals surface area contributed by atoms with Gasteiger partial charge in [0.05, 0.1) is 17.2 Å². The van der Waals surface area contributed by atoms with Gasteiger partial charge in [0, 0.05) is 0 Å². The maximum Gasteiger partial charge on any atom is 0.379 e. The molecule has 0 unspecified atom stereocenters. The van der Waals surface area contributed by atoms with Crippen molar-refractivity contribution in [3.8, 4) is 0 Å². The maximum absolute atomic E-state index is 12.8. The normalized spacial score (nSPS) is 9.80. The van der Waals surface area contributed by atoms with Crippen LogP contribution in [0.2, 0.25) is 5.02 Å². The van der Waals surface area contributed by atoms with Crippen molar-refractivity contribution in [1.82, 2.24) is 0 Å². The van der Waals surface area contributed by atoms with Gasteiger partial charge in [-0.3, -0.25) is 4.79 Å². The summed E-state index contributed by atoms with van der Waals surface area (Å²) in [6, 6.07) is 3.22. The zero-order valence-corrected chi connectivity index (χ0v) is 8.68. The minimum absolute atomic E-state index is 0.0226. The fourth-order valence-electron chi connectivity index (χ4n) is 0.978. The predicted molar refractivity (Wildman–Crippen MR) is 52.4 cm³/mol. The molecule has 0 saturated carbocycles. The first-order valence-corrected chi connectivity index (χ1v) is 4.60. The topological polar surface area (TPSA) is 43.4 Å². The van der Waals surface area contributed by atoms with E-state index in [4.69, 9.17) is 11.6 Å². The Morgan fingerprint density at radius 2 is 2.13 bits per heavy atom. The van der Waals surface area contributed by atoms with E-state index in [-0.39, 0.29) is 17.2 Å². The molecular weight excluding hydrogens is 223 g/mol. The van der Waals surface area contributed by atoms with Crippen molar-refractivity contribution in [2.75, 3.05) is 6.61 Å². The van der Waals surface area contributed by atoms with E-state index < -0.39 is 17.6 Å². The lowest BCUT2D eigenvalue weighted by atomic mass is 10.1. The Hall–Kier alpha value is -1.42. The summed E-state index contributed by atoms with van der Waals surface area (Å²) in [5.41, 5.74) is -0.185. The Bertz CT molecular complexity index is 404. The molecule has 80 valence electrons. The average Bonchev–Trinajstić information content (AvgIpc) is 2.21. The largest absolute Gasteiger partial charge is 0.460 e. The molecule has 0 atom stereocenters. The minimum atomic E-state index is -1.04. The van der Waals surface area contributed by atoms with Gasteiger partial charge in [-0.05, 0) is 25.1 Å². The highest BCUT2D eigenvalue weighted by Crippen LogP contribution is 2.17. The van der Waals surface area contributed by atoms with Crippen molar-refractivity contribution in [3.05, 3.63) is 34.6 Å². The Balaban J connectivity index is 3.00. The summed E-state index contributed by atoms with van der Waals surface area (Å²) in [5, 5.41) is 0.0226. The lowest BCUT2D eigenvalue weighted by Crippen LogP contribution is -2.18. The van der Waals surface area contributed by atoms with Crippen LogP contribution in [-0.2, 0) is 9.53 Å². The van der Waals surface area contributed by atoms with Gasteiger partial charge in [-0.2, -0.15) is 0 Å². The number of benzene rings is 1. The van der Waals surface area contributed by atoms with Crippen molar-refractivity contribution in [2.45, 2.75) is 6.92 Å². The third kappa shape index (κ3) is 2.76. The average molecular weight is 231 g/mol. The monoisotopic (exact) mass is 230 g/mol. The van der Waals surface area contributed by atoms with Crippen molar-refractivity contribution < 1.29 is 18.7 Å². The first-order valence-electron chi connectivity index (χ1n) is 4.22. The summed E-state index contributed by atoms with van der Waals surface area (Å²) in [6.45, 7) is 1.65. The van der Waals surface area contributed by atoms with E-state index in [0.717, 1.165) is 12.1 Å². The Morgan fingerprint density at radius 3 is 2.73 bits per heavy atom. The molecule has 0 amide bonds. The van der Waals surface area contributed by atoms with Gasteiger partial charge < -0.3 is 4.74 Å². The molecule has 0 radical (unpaired) electrons. The van der Waals surface area contributed by atoms with Crippen LogP contribution < -0.4 is 0 Å². The number of rotatable bonds is 3. The van der Waals surface area contributed by atoms with Gasteiger partial charge in [-0.15, -0.1) is 0 Å². The molecule has 0 spiro atoms. The van der Waals surface area contributed by atoms with Gasteiger partial charge >= 0.3 is 5.97 Å². The van der Waals surface area contributed by atoms with Crippen LogP contribution in [0.15, 0.2) is 18.2 Å². The number of ether oxygens (including phenoxy) is 1. The summed E-state index contributed by atoms with van der Waals surface area (Å²) in [7, 11) is 0. The number of Topliss-reactive ketones (excluding diaryl/α,β-unsaturated/α-hetero) is 1. The summed E-state index contributed by atoms with van der Waals surface area (Å²) in [5.74, 6) is -2.61. The number of ketones is 1. The van der Waals surface area contributed by atoms with E-state index in [1.807, 2.05) is 0 Å². The molecule has 0 aromatic heterocycles. The van der Waals surface area contributed by atoms with Crippen LogP contribution in [-0.4, -0.2) is 18.4 Å². The van der Waals surface area contributed by atoms with Gasteiger partial charge in [0.15, 0.2) is 0 Å². The van der Waals surface area contributed by atoms with E-state index in [0.29, 0.717) is 0 Å².